The molecule has 20 heavy (non-hydrogen) atoms. The quantitative estimate of drug-likeness (QED) is 0.551. The number of nitro groups is 2. The molecule has 102 valence electrons. The predicted molar refractivity (Wildman–Crippen MR) is 80.6 cm³/mol. The predicted octanol–water partition coefficient (Wildman–Crippen LogP) is 4.70. The summed E-state index contributed by atoms with van der Waals surface area (Å²) in [4.78, 5) is 21.1. The summed E-state index contributed by atoms with van der Waals surface area (Å²) in [6.07, 6.45) is 0. The molecule has 0 aromatic heterocycles. The fourth-order valence-electron chi connectivity index (χ4n) is 1.82. The highest BCUT2D eigenvalue weighted by Gasteiger charge is 2.27. The topological polar surface area (TPSA) is 86.3 Å². The van der Waals surface area contributed by atoms with Crippen molar-refractivity contribution in [3.05, 3.63) is 65.6 Å². The molecule has 0 amide bonds. The Hall–Kier alpha value is -1.80. The Morgan fingerprint density at radius 1 is 0.750 bits per heavy atom. The van der Waals surface area contributed by atoms with Gasteiger partial charge in [-0.15, -0.1) is 0 Å². The molecule has 0 spiro atoms. The van der Waals surface area contributed by atoms with Gasteiger partial charge in [-0.1, -0.05) is 12.1 Å². The Labute approximate surface area is 130 Å². The lowest BCUT2D eigenvalue weighted by molar-refractivity contribution is -0.386. The maximum atomic E-state index is 11.1. The van der Waals surface area contributed by atoms with Crippen molar-refractivity contribution in [1.82, 2.24) is 0 Å². The Morgan fingerprint density at radius 3 is 1.40 bits per heavy atom. The maximum Gasteiger partial charge on any atom is 0.278 e. The first-order valence-electron chi connectivity index (χ1n) is 5.29. The molecule has 0 bridgehead atoms. The summed E-state index contributed by atoms with van der Waals surface area (Å²) >= 11 is 6.44. The average Bonchev–Trinajstić information content (AvgIpc) is 2.38. The van der Waals surface area contributed by atoms with Gasteiger partial charge in [0.2, 0.25) is 0 Å². The molecule has 0 N–H and O–H groups in total. The first-order valence-corrected chi connectivity index (χ1v) is 6.88. The van der Waals surface area contributed by atoms with E-state index in [-0.39, 0.29) is 22.5 Å². The molecule has 0 heterocycles. The van der Waals surface area contributed by atoms with Crippen LogP contribution in [0.25, 0.3) is 11.1 Å². The second kappa shape index (κ2) is 5.68. The largest absolute Gasteiger partial charge is 0.278 e. The smallest absolute Gasteiger partial charge is 0.258 e. The monoisotopic (exact) mass is 400 g/mol. The number of nitro benzene ring substituents is 2. The van der Waals surface area contributed by atoms with Gasteiger partial charge in [0.05, 0.1) is 21.0 Å². The minimum atomic E-state index is -0.566. The molecular weight excluding hydrogens is 396 g/mol. The van der Waals surface area contributed by atoms with Crippen molar-refractivity contribution in [2.24, 2.45) is 0 Å². The molecule has 2 rings (SSSR count). The number of hydrogen-bond donors (Lipinski definition) is 0. The van der Waals surface area contributed by atoms with Crippen LogP contribution >= 0.6 is 31.9 Å². The Bertz CT molecular complexity index is 657. The molecule has 0 atom stereocenters. The fraction of sp³-hybridized carbons (Fsp3) is 0. The van der Waals surface area contributed by atoms with E-state index in [0.717, 1.165) is 0 Å². The highest BCUT2D eigenvalue weighted by atomic mass is 79.9. The summed E-state index contributed by atoms with van der Waals surface area (Å²) in [5, 5.41) is 22.3. The average molecular weight is 402 g/mol. The van der Waals surface area contributed by atoms with Gasteiger partial charge in [0.25, 0.3) is 11.4 Å². The molecule has 6 nitrogen and oxygen atoms in total. The standard InChI is InChI=1S/C12H6Br2N2O4/c13-7-3-1-5-9(15(17)18)11(7)12-8(14)4-2-6-10(12)16(19)20/h1-6H. The molecule has 0 aliphatic rings. The van der Waals surface area contributed by atoms with Gasteiger partial charge in [0, 0.05) is 21.1 Å². The first kappa shape index (κ1) is 14.6. The van der Waals surface area contributed by atoms with Crippen LogP contribution in [-0.4, -0.2) is 9.85 Å². The van der Waals surface area contributed by atoms with Crippen molar-refractivity contribution >= 4 is 43.2 Å². The molecular formula is C12H6Br2N2O4. The summed E-state index contributed by atoms with van der Waals surface area (Å²) in [7, 11) is 0. The van der Waals surface area contributed by atoms with Crippen LogP contribution < -0.4 is 0 Å². The van der Waals surface area contributed by atoms with E-state index in [4.69, 9.17) is 0 Å². The van der Waals surface area contributed by atoms with Gasteiger partial charge >= 0.3 is 0 Å². The number of hydrogen-bond acceptors (Lipinski definition) is 4. The van der Waals surface area contributed by atoms with Crippen LogP contribution in [0.3, 0.4) is 0 Å². The Balaban J connectivity index is 2.88. The van der Waals surface area contributed by atoms with E-state index in [1.165, 1.54) is 24.3 Å². The molecule has 0 saturated heterocycles. The van der Waals surface area contributed by atoms with Crippen LogP contribution in [0.5, 0.6) is 0 Å². The lowest BCUT2D eigenvalue weighted by Gasteiger charge is -2.08. The van der Waals surface area contributed by atoms with Crippen LogP contribution in [0.4, 0.5) is 11.4 Å². The Kier molecular flexibility index (Phi) is 4.15. The van der Waals surface area contributed by atoms with Crippen molar-refractivity contribution in [2.45, 2.75) is 0 Å². The highest BCUT2D eigenvalue weighted by Crippen LogP contribution is 2.44. The minimum Gasteiger partial charge on any atom is -0.258 e. The van der Waals surface area contributed by atoms with Crippen LogP contribution in [0, 0.1) is 20.2 Å². The summed E-state index contributed by atoms with van der Waals surface area (Å²) in [6, 6.07) is 8.84. The normalized spacial score (nSPS) is 10.3. The lowest BCUT2D eigenvalue weighted by Crippen LogP contribution is -1.97. The molecule has 0 unspecified atom stereocenters. The summed E-state index contributed by atoms with van der Waals surface area (Å²) in [5.41, 5.74) is -0.0444. The van der Waals surface area contributed by atoms with E-state index in [1.54, 1.807) is 12.1 Å². The van der Waals surface area contributed by atoms with Crippen molar-refractivity contribution in [2.75, 3.05) is 0 Å². The van der Waals surface area contributed by atoms with Crippen LogP contribution in [0.2, 0.25) is 0 Å². The van der Waals surface area contributed by atoms with E-state index in [1.807, 2.05) is 0 Å². The van der Waals surface area contributed by atoms with E-state index in [9.17, 15) is 20.2 Å². The minimum absolute atomic E-state index is 0.177. The zero-order chi connectivity index (χ0) is 14.9. The van der Waals surface area contributed by atoms with Gasteiger partial charge < -0.3 is 0 Å². The van der Waals surface area contributed by atoms with Gasteiger partial charge in [-0.05, 0) is 44.0 Å². The van der Waals surface area contributed by atoms with Crippen LogP contribution in [0.15, 0.2) is 45.3 Å². The third-order valence-corrected chi connectivity index (χ3v) is 3.95. The van der Waals surface area contributed by atoms with Gasteiger partial charge in [-0.3, -0.25) is 20.2 Å². The van der Waals surface area contributed by atoms with E-state index in [2.05, 4.69) is 31.9 Å². The van der Waals surface area contributed by atoms with Crippen LogP contribution in [0.1, 0.15) is 0 Å². The summed E-state index contributed by atoms with van der Waals surface area (Å²) in [6.45, 7) is 0. The van der Waals surface area contributed by atoms with Gasteiger partial charge in [0.1, 0.15) is 0 Å². The zero-order valence-electron chi connectivity index (χ0n) is 9.75. The number of rotatable bonds is 3. The van der Waals surface area contributed by atoms with E-state index < -0.39 is 9.85 Å². The van der Waals surface area contributed by atoms with Crippen molar-refractivity contribution < 1.29 is 9.85 Å². The van der Waals surface area contributed by atoms with Gasteiger partial charge in [0.15, 0.2) is 0 Å². The van der Waals surface area contributed by atoms with Crippen LogP contribution in [-0.2, 0) is 0 Å². The highest BCUT2D eigenvalue weighted by molar-refractivity contribution is 9.11. The second-order valence-electron chi connectivity index (χ2n) is 3.78. The van der Waals surface area contributed by atoms with Gasteiger partial charge in [-0.2, -0.15) is 0 Å². The fourth-order valence-corrected chi connectivity index (χ4v) is 2.93. The molecule has 0 aliphatic heterocycles. The lowest BCUT2D eigenvalue weighted by atomic mass is 10.0. The molecule has 0 aliphatic carbocycles. The second-order valence-corrected chi connectivity index (χ2v) is 5.49. The zero-order valence-corrected chi connectivity index (χ0v) is 12.9. The molecule has 0 radical (unpaired) electrons. The van der Waals surface area contributed by atoms with Crippen molar-refractivity contribution in [3.8, 4) is 11.1 Å². The van der Waals surface area contributed by atoms with E-state index >= 15 is 0 Å². The molecule has 0 fully saturated rings. The number of halogens is 2. The maximum absolute atomic E-state index is 11.1. The van der Waals surface area contributed by atoms with Crippen molar-refractivity contribution in [1.29, 1.82) is 0 Å². The molecule has 0 saturated carbocycles. The SMILES string of the molecule is O=[N+]([O-])c1cccc(Br)c1-c1c(Br)cccc1[N+](=O)[O-]. The molecule has 8 heteroatoms. The molecule has 2 aromatic rings. The summed E-state index contributed by atoms with van der Waals surface area (Å²) < 4.78 is 0.836. The first-order chi connectivity index (χ1) is 9.43. The van der Waals surface area contributed by atoms with E-state index in [0.29, 0.717) is 8.95 Å². The third kappa shape index (κ3) is 2.56. The number of nitrogens with zero attached hydrogens (tertiary/aromatic N) is 2. The van der Waals surface area contributed by atoms with Gasteiger partial charge in [-0.25, -0.2) is 0 Å². The number of benzene rings is 2. The Morgan fingerprint density at radius 2 is 1.10 bits per heavy atom. The van der Waals surface area contributed by atoms with Crippen molar-refractivity contribution in [3.63, 3.8) is 0 Å². The third-order valence-electron chi connectivity index (χ3n) is 2.63. The summed E-state index contributed by atoms with van der Waals surface area (Å²) in [5.74, 6) is 0. The molecule has 2 aromatic carbocycles.